The number of benzene rings is 1. The molecule has 25 heavy (non-hydrogen) atoms. The molecule has 0 unspecified atom stereocenters. The number of aliphatic imine (C=N–C) groups is 1. The number of likely N-dealkylation sites (tertiary alicyclic amines) is 1. The van der Waals surface area contributed by atoms with Crippen LogP contribution in [0.4, 0.5) is 0 Å². The zero-order valence-electron chi connectivity index (χ0n) is 15.4. The second-order valence-corrected chi connectivity index (χ2v) is 6.37. The molecule has 1 aromatic rings. The molecule has 2 amide bonds. The van der Waals surface area contributed by atoms with Gasteiger partial charge in [-0.3, -0.25) is 19.5 Å². The number of carbonyl (C=O) groups is 2. The van der Waals surface area contributed by atoms with E-state index in [-0.39, 0.29) is 11.8 Å². The number of nitrogens with one attached hydrogen (secondary N) is 1. The standard InChI is InChI=1S/C19H28N4O2/c1-4-20-19(22(3)14-16-10-8-15(2)9-11-16)21-12-13-23-17(24)6-5-7-18(23)25/h8-11H,4-7,12-14H2,1-3H3,(H,20,21). The smallest absolute Gasteiger partial charge is 0.229 e. The van der Waals surface area contributed by atoms with E-state index in [0.717, 1.165) is 19.0 Å². The molecule has 2 rings (SSSR count). The van der Waals surface area contributed by atoms with Crippen molar-refractivity contribution in [3.8, 4) is 0 Å². The van der Waals surface area contributed by atoms with Gasteiger partial charge < -0.3 is 10.2 Å². The molecule has 136 valence electrons. The summed E-state index contributed by atoms with van der Waals surface area (Å²) in [6, 6.07) is 8.42. The molecule has 1 heterocycles. The second kappa shape index (κ2) is 9.20. The van der Waals surface area contributed by atoms with Crippen molar-refractivity contribution in [2.75, 3.05) is 26.7 Å². The van der Waals surface area contributed by atoms with Crippen LogP contribution in [0.1, 0.15) is 37.3 Å². The highest BCUT2D eigenvalue weighted by molar-refractivity contribution is 5.97. The molecule has 1 aromatic carbocycles. The van der Waals surface area contributed by atoms with E-state index in [1.165, 1.54) is 16.0 Å². The average Bonchev–Trinajstić information content (AvgIpc) is 2.58. The number of aryl methyl sites for hydroxylation is 1. The number of carbonyl (C=O) groups excluding carboxylic acids is 2. The molecule has 0 aromatic heterocycles. The summed E-state index contributed by atoms with van der Waals surface area (Å²) in [6.07, 6.45) is 1.59. The van der Waals surface area contributed by atoms with Crippen LogP contribution in [0.2, 0.25) is 0 Å². The third-order valence-corrected chi connectivity index (χ3v) is 4.21. The van der Waals surface area contributed by atoms with Crippen molar-refractivity contribution in [3.63, 3.8) is 0 Å². The summed E-state index contributed by atoms with van der Waals surface area (Å²) in [5.41, 5.74) is 2.45. The summed E-state index contributed by atoms with van der Waals surface area (Å²) in [7, 11) is 1.98. The Morgan fingerprint density at radius 2 is 1.84 bits per heavy atom. The van der Waals surface area contributed by atoms with Crippen LogP contribution in [0.15, 0.2) is 29.3 Å². The minimum atomic E-state index is -0.0792. The normalized spacial score (nSPS) is 15.5. The monoisotopic (exact) mass is 344 g/mol. The fourth-order valence-corrected chi connectivity index (χ4v) is 2.82. The highest BCUT2D eigenvalue weighted by Crippen LogP contribution is 2.11. The number of imide groups is 1. The predicted molar refractivity (Wildman–Crippen MR) is 99.2 cm³/mol. The van der Waals surface area contributed by atoms with Crippen LogP contribution in [-0.2, 0) is 16.1 Å². The van der Waals surface area contributed by atoms with Crippen LogP contribution in [0, 0.1) is 6.92 Å². The van der Waals surface area contributed by atoms with E-state index in [2.05, 4.69) is 41.5 Å². The van der Waals surface area contributed by atoms with Gasteiger partial charge >= 0.3 is 0 Å². The summed E-state index contributed by atoms with van der Waals surface area (Å²) in [5.74, 6) is 0.619. The van der Waals surface area contributed by atoms with Gasteiger partial charge in [-0.2, -0.15) is 0 Å². The first kappa shape index (κ1) is 19.0. The molecule has 0 saturated carbocycles. The largest absolute Gasteiger partial charge is 0.357 e. The van der Waals surface area contributed by atoms with Crippen LogP contribution in [0.3, 0.4) is 0 Å². The molecule has 1 saturated heterocycles. The number of rotatable bonds is 6. The molecule has 0 atom stereocenters. The average molecular weight is 344 g/mol. The van der Waals surface area contributed by atoms with E-state index in [4.69, 9.17) is 0 Å². The summed E-state index contributed by atoms with van der Waals surface area (Å²) >= 11 is 0. The van der Waals surface area contributed by atoms with E-state index < -0.39 is 0 Å². The molecule has 0 bridgehead atoms. The van der Waals surface area contributed by atoms with Crippen molar-refractivity contribution >= 4 is 17.8 Å². The molecule has 0 spiro atoms. The number of guanidine groups is 1. The van der Waals surface area contributed by atoms with Gasteiger partial charge in [0.15, 0.2) is 5.96 Å². The molecule has 1 aliphatic heterocycles. The van der Waals surface area contributed by atoms with Crippen molar-refractivity contribution < 1.29 is 9.59 Å². The first-order chi connectivity index (χ1) is 12.0. The molecular formula is C19H28N4O2. The fourth-order valence-electron chi connectivity index (χ4n) is 2.82. The molecule has 0 radical (unpaired) electrons. The molecule has 0 aliphatic carbocycles. The van der Waals surface area contributed by atoms with Crippen molar-refractivity contribution in [2.45, 2.75) is 39.7 Å². The van der Waals surface area contributed by atoms with Crippen molar-refractivity contribution in [2.24, 2.45) is 4.99 Å². The van der Waals surface area contributed by atoms with Gasteiger partial charge in [-0.15, -0.1) is 0 Å². The Labute approximate surface area is 149 Å². The maximum Gasteiger partial charge on any atom is 0.229 e. The van der Waals surface area contributed by atoms with Gasteiger partial charge in [-0.25, -0.2) is 0 Å². The van der Waals surface area contributed by atoms with Crippen LogP contribution in [-0.4, -0.2) is 54.3 Å². The first-order valence-corrected chi connectivity index (χ1v) is 8.89. The topological polar surface area (TPSA) is 65.0 Å². The van der Waals surface area contributed by atoms with E-state index in [1.54, 1.807) is 0 Å². The molecule has 1 aliphatic rings. The number of piperidine rings is 1. The van der Waals surface area contributed by atoms with E-state index >= 15 is 0 Å². The van der Waals surface area contributed by atoms with Gasteiger partial charge in [0.05, 0.1) is 6.54 Å². The van der Waals surface area contributed by atoms with Gasteiger partial charge in [0.2, 0.25) is 11.8 Å². The van der Waals surface area contributed by atoms with E-state index in [1.807, 2.05) is 18.9 Å². The Bertz CT molecular complexity index is 609. The number of hydrogen-bond donors (Lipinski definition) is 1. The Morgan fingerprint density at radius 3 is 2.44 bits per heavy atom. The van der Waals surface area contributed by atoms with Gasteiger partial charge in [0.25, 0.3) is 0 Å². The lowest BCUT2D eigenvalue weighted by molar-refractivity contribution is -0.147. The lowest BCUT2D eigenvalue weighted by Gasteiger charge is -2.25. The number of hydrogen-bond acceptors (Lipinski definition) is 3. The van der Waals surface area contributed by atoms with Gasteiger partial charge in [0.1, 0.15) is 0 Å². The summed E-state index contributed by atoms with van der Waals surface area (Å²) in [4.78, 5) is 31.6. The van der Waals surface area contributed by atoms with Crippen molar-refractivity contribution in [1.29, 1.82) is 0 Å². The highest BCUT2D eigenvalue weighted by Gasteiger charge is 2.25. The van der Waals surface area contributed by atoms with Crippen LogP contribution < -0.4 is 5.32 Å². The summed E-state index contributed by atoms with van der Waals surface area (Å²) < 4.78 is 0. The fraction of sp³-hybridized carbons (Fsp3) is 0.526. The Morgan fingerprint density at radius 1 is 1.20 bits per heavy atom. The quantitative estimate of drug-likeness (QED) is 0.486. The molecule has 1 fully saturated rings. The lowest BCUT2D eigenvalue weighted by atomic mass is 10.1. The highest BCUT2D eigenvalue weighted by atomic mass is 16.2. The van der Waals surface area contributed by atoms with Gasteiger partial charge in [-0.05, 0) is 25.8 Å². The number of amides is 2. The Hall–Kier alpha value is -2.37. The zero-order chi connectivity index (χ0) is 18.2. The van der Waals surface area contributed by atoms with Crippen molar-refractivity contribution in [1.82, 2.24) is 15.1 Å². The van der Waals surface area contributed by atoms with Gasteiger partial charge in [0, 0.05) is 39.5 Å². The van der Waals surface area contributed by atoms with Crippen LogP contribution in [0.5, 0.6) is 0 Å². The van der Waals surface area contributed by atoms with E-state index in [9.17, 15) is 9.59 Å². The van der Waals surface area contributed by atoms with Gasteiger partial charge in [-0.1, -0.05) is 29.8 Å². The van der Waals surface area contributed by atoms with Crippen molar-refractivity contribution in [3.05, 3.63) is 35.4 Å². The third kappa shape index (κ3) is 5.59. The lowest BCUT2D eigenvalue weighted by Crippen LogP contribution is -2.42. The Balaban J connectivity index is 1.95. The second-order valence-electron chi connectivity index (χ2n) is 6.37. The summed E-state index contributed by atoms with van der Waals surface area (Å²) in [6.45, 7) is 6.37. The molecule has 6 nitrogen and oxygen atoms in total. The Kier molecular flexibility index (Phi) is 6.98. The SMILES string of the molecule is CCNC(=NCCN1C(=O)CCCC1=O)N(C)Cc1ccc(C)cc1. The van der Waals surface area contributed by atoms with Crippen LogP contribution in [0.25, 0.3) is 0 Å². The first-order valence-electron chi connectivity index (χ1n) is 8.89. The zero-order valence-corrected chi connectivity index (χ0v) is 15.4. The van der Waals surface area contributed by atoms with Crippen LogP contribution >= 0.6 is 0 Å². The third-order valence-electron chi connectivity index (χ3n) is 4.21. The maximum atomic E-state index is 11.8. The number of nitrogens with zero attached hydrogens (tertiary/aromatic N) is 3. The molecule has 1 N–H and O–H groups in total. The maximum absolute atomic E-state index is 11.8. The van der Waals surface area contributed by atoms with E-state index in [0.29, 0.717) is 32.4 Å². The minimum Gasteiger partial charge on any atom is -0.357 e. The molecule has 6 heteroatoms. The minimum absolute atomic E-state index is 0.0792. The predicted octanol–water partition coefficient (Wildman–Crippen LogP) is 1.93. The summed E-state index contributed by atoms with van der Waals surface area (Å²) in [5, 5.41) is 3.26. The molecular weight excluding hydrogens is 316 g/mol.